The summed E-state index contributed by atoms with van der Waals surface area (Å²) >= 11 is 0. The number of unbranched alkanes of at least 4 members (excludes halogenated alkanes) is 34. The predicted molar refractivity (Wildman–Crippen MR) is 305 cm³/mol. The zero-order chi connectivity index (χ0) is 55.3. The lowest BCUT2D eigenvalue weighted by atomic mass is 9.97. The van der Waals surface area contributed by atoms with Crippen molar-refractivity contribution in [2.75, 3.05) is 19.8 Å². The molecule has 2 aliphatic heterocycles. The summed E-state index contributed by atoms with van der Waals surface area (Å²) < 4.78 is 22.7. The minimum Gasteiger partial charge on any atom is -0.394 e. The average molecular weight is 1080 g/mol. The molecule has 0 spiro atoms. The zero-order valence-corrected chi connectivity index (χ0v) is 48.3. The fourth-order valence-electron chi connectivity index (χ4n) is 10.6. The van der Waals surface area contributed by atoms with Crippen LogP contribution in [0.1, 0.15) is 271 Å². The Balaban J connectivity index is 1.52. The molecule has 0 saturated carbocycles. The first kappa shape index (κ1) is 70.6. The van der Waals surface area contributed by atoms with Gasteiger partial charge in [0.05, 0.1) is 32.0 Å². The first-order chi connectivity index (χ1) is 37.1. The molecular formula is C62H117NO13. The van der Waals surface area contributed by atoms with E-state index in [0.717, 1.165) is 57.8 Å². The molecule has 12 atom stereocenters. The molecule has 1 amide bonds. The van der Waals surface area contributed by atoms with E-state index in [4.69, 9.17) is 18.9 Å². The predicted octanol–water partition coefficient (Wildman–Crippen LogP) is 11.2. The van der Waals surface area contributed by atoms with Crippen LogP contribution in [0.25, 0.3) is 0 Å². The monoisotopic (exact) mass is 1080 g/mol. The third-order valence-electron chi connectivity index (χ3n) is 15.7. The SMILES string of the molecule is CCCCCCC/C=C\C/C=C\CCCCCCCCCCCCCCCCCCCCCCCCCC(=O)NC(COC1OC(CO)C(OC2OC(CO)C(O)C(O)C2O)C(O)C1O)C(O)CCCCCCCCC. The van der Waals surface area contributed by atoms with Crippen molar-refractivity contribution in [2.24, 2.45) is 0 Å². The Morgan fingerprint density at radius 2 is 0.868 bits per heavy atom. The van der Waals surface area contributed by atoms with Gasteiger partial charge in [0, 0.05) is 6.42 Å². The second-order valence-electron chi connectivity index (χ2n) is 22.5. The summed E-state index contributed by atoms with van der Waals surface area (Å²) in [6, 6.07) is -0.822. The highest BCUT2D eigenvalue weighted by Gasteiger charge is 2.51. The molecule has 448 valence electrons. The molecule has 0 aromatic carbocycles. The molecule has 0 aromatic heterocycles. The lowest BCUT2D eigenvalue weighted by Crippen LogP contribution is -2.65. The number of hydrogen-bond donors (Lipinski definition) is 9. The summed E-state index contributed by atoms with van der Waals surface area (Å²) in [6.07, 6.45) is 41.1. The van der Waals surface area contributed by atoms with Gasteiger partial charge >= 0.3 is 0 Å². The molecule has 0 bridgehead atoms. The van der Waals surface area contributed by atoms with Crippen LogP contribution < -0.4 is 5.32 Å². The van der Waals surface area contributed by atoms with E-state index in [9.17, 15) is 45.6 Å². The summed E-state index contributed by atoms with van der Waals surface area (Å²) in [5, 5.41) is 86.8. The molecule has 2 saturated heterocycles. The van der Waals surface area contributed by atoms with Crippen LogP contribution in [0.3, 0.4) is 0 Å². The number of aliphatic hydroxyl groups excluding tert-OH is 8. The second-order valence-corrected chi connectivity index (χ2v) is 22.5. The number of nitrogens with one attached hydrogen (secondary N) is 1. The number of carbonyl (C=O) groups excluding carboxylic acids is 1. The van der Waals surface area contributed by atoms with Crippen LogP contribution in [0.2, 0.25) is 0 Å². The minimum atomic E-state index is -1.78. The highest BCUT2D eigenvalue weighted by molar-refractivity contribution is 5.76. The molecular weight excluding hydrogens is 967 g/mol. The van der Waals surface area contributed by atoms with Gasteiger partial charge in [-0.2, -0.15) is 0 Å². The first-order valence-electron chi connectivity index (χ1n) is 31.6. The lowest BCUT2D eigenvalue weighted by molar-refractivity contribution is -0.359. The number of aliphatic hydroxyl groups is 8. The Kier molecular flexibility index (Phi) is 44.8. The van der Waals surface area contributed by atoms with E-state index in [-0.39, 0.29) is 12.5 Å². The fraction of sp³-hybridized carbons (Fsp3) is 0.919. The molecule has 9 N–H and O–H groups in total. The van der Waals surface area contributed by atoms with E-state index in [1.54, 1.807) is 0 Å². The van der Waals surface area contributed by atoms with E-state index in [2.05, 4.69) is 43.5 Å². The number of rotatable bonds is 51. The zero-order valence-electron chi connectivity index (χ0n) is 48.3. The van der Waals surface area contributed by atoms with Gasteiger partial charge in [-0.1, -0.05) is 244 Å². The highest BCUT2D eigenvalue weighted by Crippen LogP contribution is 2.30. The normalized spacial score (nSPS) is 25.0. The van der Waals surface area contributed by atoms with Gasteiger partial charge in [-0.25, -0.2) is 0 Å². The van der Waals surface area contributed by atoms with Crippen molar-refractivity contribution in [3.05, 3.63) is 24.3 Å². The largest absolute Gasteiger partial charge is 0.394 e. The van der Waals surface area contributed by atoms with E-state index in [0.29, 0.717) is 12.8 Å². The standard InChI is InChI=1S/C62H117NO13/c1-3-5-7-9-11-12-13-14-15-16-17-18-19-20-21-22-23-24-25-26-27-28-29-30-31-32-33-34-35-36-37-38-40-42-44-46-54(67)63-50(51(66)45-43-41-39-10-8-6-4-2)49-73-61-59(72)57(70)60(53(48-65)75-61)76-62-58(71)56(69)55(68)52(47-64)74-62/h13-14,16-17,50-53,55-62,64-66,68-72H,3-12,15,18-49H2,1-2H3,(H,63,67)/b14-13-,17-16-. The quantitative estimate of drug-likeness (QED) is 0.0204. The molecule has 2 rings (SSSR count). The van der Waals surface area contributed by atoms with Crippen LogP contribution in [-0.4, -0.2) is 140 Å². The van der Waals surface area contributed by atoms with Gasteiger partial charge in [0.2, 0.25) is 5.91 Å². The summed E-state index contributed by atoms with van der Waals surface area (Å²) in [7, 11) is 0. The summed E-state index contributed by atoms with van der Waals surface area (Å²) in [4.78, 5) is 13.2. The third-order valence-corrected chi connectivity index (χ3v) is 15.7. The molecule has 0 radical (unpaired) electrons. The van der Waals surface area contributed by atoms with Gasteiger partial charge in [-0.15, -0.1) is 0 Å². The third kappa shape index (κ3) is 33.3. The van der Waals surface area contributed by atoms with E-state index >= 15 is 0 Å². The molecule has 0 aliphatic carbocycles. The van der Waals surface area contributed by atoms with Gasteiger partial charge in [0.1, 0.15) is 48.8 Å². The highest BCUT2D eigenvalue weighted by atomic mass is 16.7. The summed E-state index contributed by atoms with van der Waals surface area (Å²) in [6.45, 7) is 2.81. The summed E-state index contributed by atoms with van der Waals surface area (Å²) in [5.74, 6) is -0.206. The second kappa shape index (κ2) is 48.2. The van der Waals surface area contributed by atoms with Crippen molar-refractivity contribution >= 4 is 5.91 Å². The van der Waals surface area contributed by atoms with Crippen molar-refractivity contribution in [1.29, 1.82) is 0 Å². The number of hydrogen-bond acceptors (Lipinski definition) is 13. The molecule has 14 heteroatoms. The molecule has 2 heterocycles. The van der Waals surface area contributed by atoms with Crippen LogP contribution >= 0.6 is 0 Å². The topological polar surface area (TPSA) is 228 Å². The van der Waals surface area contributed by atoms with Gasteiger partial charge in [0.25, 0.3) is 0 Å². The lowest BCUT2D eigenvalue weighted by Gasteiger charge is -2.46. The molecule has 2 fully saturated rings. The van der Waals surface area contributed by atoms with E-state index < -0.39 is 86.8 Å². The van der Waals surface area contributed by atoms with Crippen LogP contribution in [0.4, 0.5) is 0 Å². The van der Waals surface area contributed by atoms with E-state index in [1.165, 1.54) is 186 Å². The van der Waals surface area contributed by atoms with Crippen LogP contribution in [0.15, 0.2) is 24.3 Å². The Hall–Kier alpha value is -1.53. The van der Waals surface area contributed by atoms with Crippen molar-refractivity contribution in [1.82, 2.24) is 5.32 Å². The Bertz CT molecular complexity index is 1370. The van der Waals surface area contributed by atoms with Crippen LogP contribution in [0.5, 0.6) is 0 Å². The average Bonchev–Trinajstić information content (AvgIpc) is 3.42. The number of allylic oxidation sites excluding steroid dienone is 4. The van der Waals surface area contributed by atoms with Gasteiger partial charge in [-0.3, -0.25) is 4.79 Å². The Morgan fingerprint density at radius 3 is 1.32 bits per heavy atom. The number of carbonyl (C=O) groups is 1. The first-order valence-corrected chi connectivity index (χ1v) is 31.6. The Morgan fingerprint density at radius 1 is 0.474 bits per heavy atom. The van der Waals surface area contributed by atoms with Gasteiger partial charge in [-0.05, 0) is 44.9 Å². The Labute approximate surface area is 462 Å². The molecule has 2 aliphatic rings. The molecule has 0 aromatic rings. The molecule has 12 unspecified atom stereocenters. The van der Waals surface area contributed by atoms with Gasteiger partial charge in [0.15, 0.2) is 12.6 Å². The molecule has 14 nitrogen and oxygen atoms in total. The van der Waals surface area contributed by atoms with Crippen molar-refractivity contribution in [3.8, 4) is 0 Å². The maximum atomic E-state index is 13.2. The van der Waals surface area contributed by atoms with E-state index in [1.807, 2.05) is 0 Å². The maximum absolute atomic E-state index is 13.2. The van der Waals surface area contributed by atoms with Gasteiger partial charge < -0.3 is 65.1 Å². The fourth-order valence-corrected chi connectivity index (χ4v) is 10.6. The van der Waals surface area contributed by atoms with Crippen molar-refractivity contribution < 1.29 is 64.6 Å². The summed E-state index contributed by atoms with van der Waals surface area (Å²) in [5.41, 5.74) is 0. The number of amides is 1. The van der Waals surface area contributed by atoms with Crippen LogP contribution in [-0.2, 0) is 23.7 Å². The van der Waals surface area contributed by atoms with Crippen molar-refractivity contribution in [3.63, 3.8) is 0 Å². The smallest absolute Gasteiger partial charge is 0.220 e. The van der Waals surface area contributed by atoms with Crippen LogP contribution in [0, 0.1) is 0 Å². The number of ether oxygens (including phenoxy) is 4. The van der Waals surface area contributed by atoms with Crippen molar-refractivity contribution in [2.45, 2.75) is 344 Å². The molecule has 76 heavy (non-hydrogen) atoms. The maximum Gasteiger partial charge on any atom is 0.220 e. The minimum absolute atomic E-state index is 0.206.